The van der Waals surface area contributed by atoms with Gasteiger partial charge in [-0.25, -0.2) is 13.2 Å². The van der Waals surface area contributed by atoms with Gasteiger partial charge in [0.15, 0.2) is 17.9 Å². The fraction of sp³-hybridized carbons (Fsp3) is 0.333. The number of anilines is 2. The van der Waals surface area contributed by atoms with Crippen molar-refractivity contribution in [3.8, 4) is 0 Å². The minimum absolute atomic E-state index is 0.118. The van der Waals surface area contributed by atoms with Gasteiger partial charge in [-0.3, -0.25) is 0 Å². The van der Waals surface area contributed by atoms with Crippen LogP contribution in [0.1, 0.15) is 30.5 Å². The number of methoxy groups -OCH3 is 2. The summed E-state index contributed by atoms with van der Waals surface area (Å²) < 4.78 is 51.9. The van der Waals surface area contributed by atoms with E-state index in [2.05, 4.69) is 36.8 Å². The van der Waals surface area contributed by atoms with Crippen molar-refractivity contribution in [3.63, 3.8) is 0 Å². The standard InChI is InChI=1S/C21H22BrF3N4O2/c1-11(13-5-4-6-15(18(13)23)19(24)25)27-21-16-9-12(22)7-8-14(16)20(28-29-21)26-10-17(30-2)31-3/h4-9,11,17,19H,10H2,1-3H3,(H,26,28)(H,27,29). The van der Waals surface area contributed by atoms with Crippen LogP contribution in [0.25, 0.3) is 10.8 Å². The third kappa shape index (κ3) is 5.25. The van der Waals surface area contributed by atoms with Crippen LogP contribution >= 0.6 is 15.9 Å². The van der Waals surface area contributed by atoms with E-state index in [9.17, 15) is 13.2 Å². The summed E-state index contributed by atoms with van der Waals surface area (Å²) in [7, 11) is 3.07. The van der Waals surface area contributed by atoms with Crippen LogP contribution in [0.2, 0.25) is 0 Å². The van der Waals surface area contributed by atoms with Crippen LogP contribution in [0.4, 0.5) is 24.8 Å². The van der Waals surface area contributed by atoms with Gasteiger partial charge in [0.25, 0.3) is 6.43 Å². The lowest BCUT2D eigenvalue weighted by atomic mass is 10.0. The number of benzene rings is 2. The molecule has 0 radical (unpaired) electrons. The topological polar surface area (TPSA) is 68.3 Å². The smallest absolute Gasteiger partial charge is 0.266 e. The van der Waals surface area contributed by atoms with Crippen LogP contribution in [0.3, 0.4) is 0 Å². The summed E-state index contributed by atoms with van der Waals surface area (Å²) in [6.45, 7) is 2.02. The van der Waals surface area contributed by atoms with Gasteiger partial charge < -0.3 is 20.1 Å². The Morgan fingerprint density at radius 3 is 2.35 bits per heavy atom. The minimum Gasteiger partial charge on any atom is -0.363 e. The highest BCUT2D eigenvalue weighted by Crippen LogP contribution is 2.33. The van der Waals surface area contributed by atoms with E-state index >= 15 is 0 Å². The number of nitrogens with zero attached hydrogens (tertiary/aromatic N) is 2. The van der Waals surface area contributed by atoms with Crippen molar-refractivity contribution in [2.45, 2.75) is 25.7 Å². The van der Waals surface area contributed by atoms with E-state index in [0.717, 1.165) is 21.3 Å². The lowest BCUT2D eigenvalue weighted by Crippen LogP contribution is -2.24. The molecule has 1 atom stereocenters. The van der Waals surface area contributed by atoms with Crippen molar-refractivity contribution in [2.75, 3.05) is 31.4 Å². The number of halogens is 4. The maximum absolute atomic E-state index is 14.6. The van der Waals surface area contributed by atoms with E-state index in [1.165, 1.54) is 26.4 Å². The summed E-state index contributed by atoms with van der Waals surface area (Å²) in [5.74, 6) is -0.0173. The second-order valence-electron chi connectivity index (χ2n) is 6.79. The number of hydrogen-bond acceptors (Lipinski definition) is 6. The zero-order valence-electron chi connectivity index (χ0n) is 17.1. The number of alkyl halides is 2. The fourth-order valence-corrected chi connectivity index (χ4v) is 3.52. The predicted octanol–water partition coefficient (Wildman–Crippen LogP) is 5.67. The van der Waals surface area contributed by atoms with Crippen molar-refractivity contribution >= 4 is 38.3 Å². The van der Waals surface area contributed by atoms with E-state index in [1.807, 2.05) is 18.2 Å². The van der Waals surface area contributed by atoms with E-state index in [4.69, 9.17) is 9.47 Å². The first-order chi connectivity index (χ1) is 14.8. The molecule has 1 unspecified atom stereocenters. The van der Waals surface area contributed by atoms with Crippen molar-refractivity contribution in [3.05, 3.63) is 57.8 Å². The third-order valence-corrected chi connectivity index (χ3v) is 5.31. The van der Waals surface area contributed by atoms with E-state index in [0.29, 0.717) is 18.2 Å². The molecule has 6 nitrogen and oxygen atoms in total. The molecule has 0 aliphatic carbocycles. The number of fused-ring (bicyclic) bond motifs is 1. The van der Waals surface area contributed by atoms with Crippen LogP contribution in [0.15, 0.2) is 40.9 Å². The van der Waals surface area contributed by atoms with Gasteiger partial charge in [0, 0.05) is 35.0 Å². The first kappa shape index (κ1) is 23.2. The Kier molecular flexibility index (Phi) is 7.69. The Bertz CT molecular complexity index is 1050. The fourth-order valence-electron chi connectivity index (χ4n) is 3.16. The summed E-state index contributed by atoms with van der Waals surface area (Å²) in [6.07, 6.45) is -3.35. The molecule has 2 aromatic carbocycles. The van der Waals surface area contributed by atoms with Gasteiger partial charge in [-0.15, -0.1) is 10.2 Å². The summed E-state index contributed by atoms with van der Waals surface area (Å²) in [5, 5.41) is 16.2. The third-order valence-electron chi connectivity index (χ3n) is 4.82. The maximum atomic E-state index is 14.6. The Balaban J connectivity index is 1.93. The lowest BCUT2D eigenvalue weighted by Gasteiger charge is -2.19. The molecule has 2 N–H and O–H groups in total. The van der Waals surface area contributed by atoms with Crippen molar-refractivity contribution in [1.29, 1.82) is 0 Å². The zero-order valence-corrected chi connectivity index (χ0v) is 18.7. The molecular formula is C21H22BrF3N4O2. The number of aromatic nitrogens is 2. The number of hydrogen-bond donors (Lipinski definition) is 2. The second kappa shape index (κ2) is 10.3. The SMILES string of the molecule is COC(CNc1nnc(NC(C)c2cccc(C(F)F)c2F)c2cc(Br)ccc12)OC. The highest BCUT2D eigenvalue weighted by molar-refractivity contribution is 9.10. The lowest BCUT2D eigenvalue weighted by molar-refractivity contribution is -0.0914. The van der Waals surface area contributed by atoms with Gasteiger partial charge in [-0.05, 0) is 25.1 Å². The molecule has 0 amide bonds. The van der Waals surface area contributed by atoms with Gasteiger partial charge in [-0.2, -0.15) is 0 Å². The Morgan fingerprint density at radius 2 is 1.68 bits per heavy atom. The van der Waals surface area contributed by atoms with Crippen LogP contribution in [-0.2, 0) is 9.47 Å². The monoisotopic (exact) mass is 498 g/mol. The molecule has 31 heavy (non-hydrogen) atoms. The van der Waals surface area contributed by atoms with Crippen molar-refractivity contribution < 1.29 is 22.6 Å². The second-order valence-corrected chi connectivity index (χ2v) is 7.70. The normalized spacial score (nSPS) is 12.5. The molecule has 3 aromatic rings. The molecule has 0 aliphatic rings. The van der Waals surface area contributed by atoms with Gasteiger partial charge in [0.2, 0.25) is 0 Å². The summed E-state index contributed by atoms with van der Waals surface area (Å²) in [6, 6.07) is 8.90. The first-order valence-electron chi connectivity index (χ1n) is 9.44. The number of ether oxygens (including phenoxy) is 2. The highest BCUT2D eigenvalue weighted by Gasteiger charge is 2.21. The first-order valence-corrected chi connectivity index (χ1v) is 10.2. The van der Waals surface area contributed by atoms with Crippen LogP contribution < -0.4 is 10.6 Å². The zero-order chi connectivity index (χ0) is 22.5. The molecular weight excluding hydrogens is 477 g/mol. The molecule has 166 valence electrons. The molecule has 1 aromatic heterocycles. The summed E-state index contributed by atoms with van der Waals surface area (Å²) in [5.41, 5.74) is -0.511. The molecule has 0 saturated carbocycles. The van der Waals surface area contributed by atoms with Crippen LogP contribution in [-0.4, -0.2) is 37.3 Å². The average molecular weight is 499 g/mol. The van der Waals surface area contributed by atoms with Crippen LogP contribution in [0, 0.1) is 5.82 Å². The molecule has 3 rings (SSSR count). The predicted molar refractivity (Wildman–Crippen MR) is 117 cm³/mol. The molecule has 0 bridgehead atoms. The van der Waals surface area contributed by atoms with Crippen LogP contribution in [0.5, 0.6) is 0 Å². The highest BCUT2D eigenvalue weighted by atomic mass is 79.9. The molecule has 10 heteroatoms. The molecule has 0 saturated heterocycles. The summed E-state index contributed by atoms with van der Waals surface area (Å²) in [4.78, 5) is 0. The van der Waals surface area contributed by atoms with Gasteiger partial charge in [0.05, 0.1) is 18.2 Å². The van der Waals surface area contributed by atoms with Gasteiger partial charge in [-0.1, -0.05) is 34.1 Å². The Hall–Kier alpha value is -2.43. The Labute approximate surface area is 186 Å². The molecule has 1 heterocycles. The Morgan fingerprint density at radius 1 is 1.00 bits per heavy atom. The summed E-state index contributed by atoms with van der Waals surface area (Å²) >= 11 is 3.44. The minimum atomic E-state index is -2.89. The largest absolute Gasteiger partial charge is 0.363 e. The van der Waals surface area contributed by atoms with E-state index < -0.39 is 30.1 Å². The average Bonchev–Trinajstić information content (AvgIpc) is 2.75. The van der Waals surface area contributed by atoms with E-state index in [1.54, 1.807) is 6.92 Å². The van der Waals surface area contributed by atoms with Gasteiger partial charge >= 0.3 is 0 Å². The number of nitrogens with one attached hydrogen (secondary N) is 2. The van der Waals surface area contributed by atoms with E-state index in [-0.39, 0.29) is 5.56 Å². The van der Waals surface area contributed by atoms with Gasteiger partial charge in [0.1, 0.15) is 5.82 Å². The quantitative estimate of drug-likeness (QED) is 0.370. The molecule has 0 fully saturated rings. The maximum Gasteiger partial charge on any atom is 0.266 e. The molecule has 0 spiro atoms. The van der Waals surface area contributed by atoms with Crippen molar-refractivity contribution in [2.24, 2.45) is 0 Å². The number of rotatable bonds is 9. The molecule has 0 aliphatic heterocycles. The van der Waals surface area contributed by atoms with Crippen molar-refractivity contribution in [1.82, 2.24) is 10.2 Å².